The Hall–Kier alpha value is -1.04. The molecule has 140 valence electrons. The Labute approximate surface area is 156 Å². The van der Waals surface area contributed by atoms with Crippen molar-refractivity contribution < 1.29 is 18.7 Å². The highest BCUT2D eigenvalue weighted by Gasteiger charge is 2.41. The van der Waals surface area contributed by atoms with Crippen molar-refractivity contribution in [2.24, 2.45) is 0 Å². The molecule has 1 aliphatic rings. The SMILES string of the molecule is COc1ccc(C(=O)Cl)cc1OC1CCC(O[Si](C)(C)C(C)(C)C)C1. The van der Waals surface area contributed by atoms with Crippen LogP contribution in [0.25, 0.3) is 0 Å². The second-order valence-electron chi connectivity index (χ2n) is 8.19. The maximum absolute atomic E-state index is 11.4. The van der Waals surface area contributed by atoms with Gasteiger partial charge in [-0.2, -0.15) is 0 Å². The number of ether oxygens (including phenoxy) is 2. The van der Waals surface area contributed by atoms with E-state index < -0.39 is 13.6 Å². The fourth-order valence-electron chi connectivity index (χ4n) is 2.78. The molecule has 1 saturated carbocycles. The first kappa shape index (κ1) is 20.3. The van der Waals surface area contributed by atoms with Crippen molar-refractivity contribution in [2.45, 2.75) is 70.4 Å². The molecule has 0 N–H and O–H groups in total. The van der Waals surface area contributed by atoms with Gasteiger partial charge in [0.25, 0.3) is 5.24 Å². The Bertz CT molecular complexity index is 624. The zero-order chi connectivity index (χ0) is 18.8. The van der Waals surface area contributed by atoms with E-state index in [2.05, 4.69) is 33.9 Å². The second-order valence-corrected chi connectivity index (χ2v) is 13.3. The molecular weight excluding hydrogens is 356 g/mol. The van der Waals surface area contributed by atoms with E-state index in [1.807, 2.05) is 0 Å². The molecule has 1 fully saturated rings. The summed E-state index contributed by atoms with van der Waals surface area (Å²) in [5.74, 6) is 1.17. The van der Waals surface area contributed by atoms with Crippen LogP contribution in [0, 0.1) is 0 Å². The lowest BCUT2D eigenvalue weighted by atomic mass is 10.2. The van der Waals surface area contributed by atoms with Crippen LogP contribution < -0.4 is 9.47 Å². The van der Waals surface area contributed by atoms with Gasteiger partial charge in [0.15, 0.2) is 19.8 Å². The summed E-state index contributed by atoms with van der Waals surface area (Å²) < 4.78 is 18.0. The molecule has 25 heavy (non-hydrogen) atoms. The van der Waals surface area contributed by atoms with Crippen LogP contribution in [0.2, 0.25) is 18.1 Å². The van der Waals surface area contributed by atoms with E-state index in [0.717, 1.165) is 19.3 Å². The van der Waals surface area contributed by atoms with Gasteiger partial charge >= 0.3 is 0 Å². The lowest BCUT2D eigenvalue weighted by Gasteiger charge is -2.38. The van der Waals surface area contributed by atoms with Crippen LogP contribution in [0.5, 0.6) is 11.5 Å². The Morgan fingerprint density at radius 1 is 1.16 bits per heavy atom. The average Bonchev–Trinajstić information content (AvgIpc) is 2.92. The minimum atomic E-state index is -1.78. The van der Waals surface area contributed by atoms with E-state index >= 15 is 0 Å². The number of carbonyl (C=O) groups excluding carboxylic acids is 1. The summed E-state index contributed by atoms with van der Waals surface area (Å²) in [6.45, 7) is 11.3. The van der Waals surface area contributed by atoms with Crippen molar-refractivity contribution in [1.29, 1.82) is 0 Å². The maximum Gasteiger partial charge on any atom is 0.252 e. The standard InChI is InChI=1S/C19H29ClO4Si/c1-19(2,3)25(5,6)24-15-9-8-14(12-15)23-17-11-13(18(20)21)7-10-16(17)22-4/h7,10-11,14-15H,8-9,12H2,1-6H3. The van der Waals surface area contributed by atoms with Gasteiger partial charge in [0.1, 0.15) is 6.10 Å². The molecule has 4 nitrogen and oxygen atoms in total. The molecule has 0 amide bonds. The zero-order valence-corrected chi connectivity index (χ0v) is 17.8. The van der Waals surface area contributed by atoms with Crippen LogP contribution in [-0.2, 0) is 4.43 Å². The Morgan fingerprint density at radius 2 is 1.80 bits per heavy atom. The molecule has 0 saturated heterocycles. The molecule has 0 bridgehead atoms. The largest absolute Gasteiger partial charge is 0.493 e. The summed E-state index contributed by atoms with van der Waals surface area (Å²) in [7, 11) is -0.190. The van der Waals surface area contributed by atoms with Gasteiger partial charge in [0, 0.05) is 18.1 Å². The highest BCUT2D eigenvalue weighted by atomic mass is 35.5. The van der Waals surface area contributed by atoms with Gasteiger partial charge in [-0.25, -0.2) is 0 Å². The van der Waals surface area contributed by atoms with Gasteiger partial charge in [-0.1, -0.05) is 20.8 Å². The smallest absolute Gasteiger partial charge is 0.252 e. The predicted octanol–water partition coefficient (Wildman–Crippen LogP) is 5.40. The second kappa shape index (κ2) is 7.68. The fraction of sp³-hybridized carbons (Fsp3) is 0.632. The number of hydrogen-bond donors (Lipinski definition) is 0. The summed E-state index contributed by atoms with van der Waals surface area (Å²) >= 11 is 5.58. The quantitative estimate of drug-likeness (QED) is 0.486. The summed E-state index contributed by atoms with van der Waals surface area (Å²) in [6.07, 6.45) is 3.07. The first-order valence-corrected chi connectivity index (χ1v) is 12.0. The average molecular weight is 385 g/mol. The number of hydrogen-bond acceptors (Lipinski definition) is 4. The molecule has 1 aliphatic carbocycles. The van der Waals surface area contributed by atoms with Gasteiger partial charge in [-0.05, 0) is 60.8 Å². The Morgan fingerprint density at radius 3 is 2.36 bits per heavy atom. The van der Waals surface area contributed by atoms with Crippen molar-refractivity contribution in [2.75, 3.05) is 7.11 Å². The molecule has 2 rings (SSSR count). The maximum atomic E-state index is 11.4. The lowest BCUT2D eigenvalue weighted by Crippen LogP contribution is -2.43. The van der Waals surface area contributed by atoms with Crippen LogP contribution in [0.4, 0.5) is 0 Å². The number of rotatable bonds is 6. The molecule has 2 unspecified atom stereocenters. The molecule has 1 aromatic rings. The van der Waals surface area contributed by atoms with Crippen molar-refractivity contribution in [3.8, 4) is 11.5 Å². The number of halogens is 1. The molecular formula is C19H29ClO4Si. The van der Waals surface area contributed by atoms with Crippen molar-refractivity contribution in [3.63, 3.8) is 0 Å². The number of carbonyl (C=O) groups is 1. The monoisotopic (exact) mass is 384 g/mol. The molecule has 0 aliphatic heterocycles. The molecule has 0 radical (unpaired) electrons. The van der Waals surface area contributed by atoms with Crippen LogP contribution >= 0.6 is 11.6 Å². The van der Waals surface area contributed by atoms with E-state index in [1.165, 1.54) is 0 Å². The normalized spacial score (nSPS) is 21.2. The molecule has 2 atom stereocenters. The van der Waals surface area contributed by atoms with Gasteiger partial charge in [-0.15, -0.1) is 0 Å². The highest BCUT2D eigenvalue weighted by Crippen LogP contribution is 2.40. The third-order valence-corrected chi connectivity index (χ3v) is 10.0. The van der Waals surface area contributed by atoms with Crippen LogP contribution in [0.15, 0.2) is 18.2 Å². The van der Waals surface area contributed by atoms with Gasteiger partial charge in [0.05, 0.1) is 7.11 Å². The van der Waals surface area contributed by atoms with Gasteiger partial charge < -0.3 is 13.9 Å². The van der Waals surface area contributed by atoms with E-state index in [0.29, 0.717) is 17.1 Å². The molecule has 1 aromatic carbocycles. The predicted molar refractivity (Wildman–Crippen MR) is 104 cm³/mol. The van der Waals surface area contributed by atoms with Crippen LogP contribution in [-0.4, -0.2) is 32.9 Å². The van der Waals surface area contributed by atoms with Gasteiger partial charge in [0.2, 0.25) is 0 Å². The highest BCUT2D eigenvalue weighted by molar-refractivity contribution is 6.74. The molecule has 0 spiro atoms. The molecule has 0 heterocycles. The van der Waals surface area contributed by atoms with Crippen LogP contribution in [0.3, 0.4) is 0 Å². The summed E-state index contributed by atoms with van der Waals surface area (Å²) in [6, 6.07) is 5.00. The zero-order valence-electron chi connectivity index (χ0n) is 16.0. The number of methoxy groups -OCH3 is 1. The summed E-state index contributed by atoms with van der Waals surface area (Å²) in [5, 5.41) is -0.303. The summed E-state index contributed by atoms with van der Waals surface area (Å²) in [5.41, 5.74) is 0.407. The topological polar surface area (TPSA) is 44.8 Å². The number of benzene rings is 1. The van der Waals surface area contributed by atoms with Gasteiger partial charge in [-0.3, -0.25) is 4.79 Å². The lowest BCUT2D eigenvalue weighted by molar-refractivity contribution is 0.107. The van der Waals surface area contributed by atoms with Crippen molar-refractivity contribution >= 4 is 25.2 Å². The minimum absolute atomic E-state index is 0.0596. The first-order chi connectivity index (χ1) is 11.5. The minimum Gasteiger partial charge on any atom is -0.493 e. The van der Waals surface area contributed by atoms with Crippen LogP contribution in [0.1, 0.15) is 50.4 Å². The third-order valence-electron chi connectivity index (χ3n) is 5.29. The van der Waals surface area contributed by atoms with E-state index in [4.69, 9.17) is 25.5 Å². The Kier molecular flexibility index (Phi) is 6.23. The van der Waals surface area contributed by atoms with E-state index in [1.54, 1.807) is 25.3 Å². The molecule has 6 heteroatoms. The fourth-order valence-corrected chi connectivity index (χ4v) is 4.30. The third kappa shape index (κ3) is 4.99. The van der Waals surface area contributed by atoms with E-state index in [9.17, 15) is 4.79 Å². The van der Waals surface area contributed by atoms with Crippen molar-refractivity contribution in [3.05, 3.63) is 23.8 Å². The Balaban J connectivity index is 2.04. The first-order valence-electron chi connectivity index (χ1n) is 8.76. The van der Waals surface area contributed by atoms with E-state index in [-0.39, 0.29) is 17.2 Å². The van der Waals surface area contributed by atoms with Crippen molar-refractivity contribution in [1.82, 2.24) is 0 Å². The molecule has 0 aromatic heterocycles. The summed E-state index contributed by atoms with van der Waals surface area (Å²) in [4.78, 5) is 11.4.